The van der Waals surface area contributed by atoms with Gasteiger partial charge in [0, 0.05) is 29.2 Å². The lowest BCUT2D eigenvalue weighted by molar-refractivity contribution is -0.125. The molecular formula is C15H17BrFNO. The number of hydrogen-bond acceptors (Lipinski definition) is 1. The Kier molecular flexibility index (Phi) is 5.14. The molecule has 0 atom stereocenters. The molecule has 4 heteroatoms. The van der Waals surface area contributed by atoms with E-state index < -0.39 is 0 Å². The second-order valence-electron chi connectivity index (χ2n) is 4.74. The quantitative estimate of drug-likeness (QED) is 0.752. The smallest absolute Gasteiger partial charge is 0.246 e. The van der Waals surface area contributed by atoms with Gasteiger partial charge in [0.2, 0.25) is 5.91 Å². The molecule has 0 aliphatic carbocycles. The first-order valence-corrected chi connectivity index (χ1v) is 7.38. The van der Waals surface area contributed by atoms with E-state index in [0.717, 1.165) is 30.4 Å². The number of carbonyl (C=O) groups excluding carboxylic acids is 1. The van der Waals surface area contributed by atoms with Crippen molar-refractivity contribution in [2.24, 2.45) is 0 Å². The number of hydrogen-bond donors (Lipinski definition) is 0. The highest BCUT2D eigenvalue weighted by Crippen LogP contribution is 2.17. The number of carbonyl (C=O) groups is 1. The van der Waals surface area contributed by atoms with Crippen molar-refractivity contribution in [2.45, 2.75) is 25.7 Å². The Balaban J connectivity index is 2.04. The molecule has 1 aliphatic rings. The fourth-order valence-corrected chi connectivity index (χ4v) is 2.58. The molecule has 0 radical (unpaired) electrons. The summed E-state index contributed by atoms with van der Waals surface area (Å²) in [6, 6.07) is 4.70. The van der Waals surface area contributed by atoms with Gasteiger partial charge in [-0.3, -0.25) is 4.79 Å². The third-order valence-corrected chi connectivity index (χ3v) is 3.77. The molecule has 2 rings (SSSR count). The van der Waals surface area contributed by atoms with Crippen molar-refractivity contribution in [2.75, 3.05) is 13.1 Å². The van der Waals surface area contributed by atoms with Crippen molar-refractivity contribution >= 4 is 27.9 Å². The summed E-state index contributed by atoms with van der Waals surface area (Å²) in [5.41, 5.74) is 0.428. The Morgan fingerprint density at radius 3 is 2.58 bits per heavy atom. The molecule has 1 aliphatic heterocycles. The summed E-state index contributed by atoms with van der Waals surface area (Å²) in [7, 11) is 0. The average molecular weight is 326 g/mol. The highest BCUT2D eigenvalue weighted by atomic mass is 79.9. The van der Waals surface area contributed by atoms with Crippen LogP contribution in [0.5, 0.6) is 0 Å². The Morgan fingerprint density at radius 2 is 1.89 bits per heavy atom. The van der Waals surface area contributed by atoms with E-state index in [1.807, 2.05) is 4.90 Å². The van der Waals surface area contributed by atoms with Crippen molar-refractivity contribution in [3.05, 3.63) is 40.1 Å². The molecular weight excluding hydrogens is 309 g/mol. The molecule has 1 aromatic carbocycles. The topological polar surface area (TPSA) is 20.3 Å². The monoisotopic (exact) mass is 325 g/mol. The van der Waals surface area contributed by atoms with Gasteiger partial charge < -0.3 is 4.90 Å². The third-order valence-electron chi connectivity index (χ3n) is 3.28. The molecule has 1 fully saturated rings. The minimum Gasteiger partial charge on any atom is -0.339 e. The molecule has 2 nitrogen and oxygen atoms in total. The summed E-state index contributed by atoms with van der Waals surface area (Å²) < 4.78 is 14.3. The second-order valence-corrected chi connectivity index (χ2v) is 5.65. The number of benzene rings is 1. The van der Waals surface area contributed by atoms with E-state index in [2.05, 4.69) is 15.9 Å². The van der Waals surface area contributed by atoms with Crippen molar-refractivity contribution in [1.29, 1.82) is 0 Å². The Labute approximate surface area is 121 Å². The van der Waals surface area contributed by atoms with Crippen LogP contribution in [0.2, 0.25) is 0 Å². The lowest BCUT2D eigenvalue weighted by Crippen LogP contribution is -2.30. The van der Waals surface area contributed by atoms with Gasteiger partial charge in [0.25, 0.3) is 0 Å². The van der Waals surface area contributed by atoms with E-state index in [4.69, 9.17) is 0 Å². The Morgan fingerprint density at radius 1 is 1.21 bits per heavy atom. The summed E-state index contributed by atoms with van der Waals surface area (Å²) >= 11 is 3.29. The van der Waals surface area contributed by atoms with Gasteiger partial charge in [-0.15, -0.1) is 0 Å². The molecule has 1 aromatic rings. The molecule has 1 amide bonds. The number of halogens is 2. The molecule has 0 N–H and O–H groups in total. The van der Waals surface area contributed by atoms with Crippen LogP contribution in [0.1, 0.15) is 31.2 Å². The van der Waals surface area contributed by atoms with E-state index in [1.54, 1.807) is 18.2 Å². The molecule has 102 valence electrons. The van der Waals surface area contributed by atoms with Crippen LogP contribution >= 0.6 is 15.9 Å². The van der Waals surface area contributed by atoms with Crippen molar-refractivity contribution < 1.29 is 9.18 Å². The SMILES string of the molecule is O=C(/C=C\c1cc(Br)ccc1F)N1CCCCCC1. The maximum Gasteiger partial charge on any atom is 0.246 e. The van der Waals surface area contributed by atoms with Crippen molar-refractivity contribution in [1.82, 2.24) is 4.90 Å². The lowest BCUT2D eigenvalue weighted by atomic mass is 10.2. The zero-order valence-corrected chi connectivity index (χ0v) is 12.3. The van der Waals surface area contributed by atoms with Crippen LogP contribution in [0.4, 0.5) is 4.39 Å². The van der Waals surface area contributed by atoms with Crippen LogP contribution in [0, 0.1) is 5.82 Å². The van der Waals surface area contributed by atoms with Gasteiger partial charge in [0.1, 0.15) is 5.82 Å². The van der Waals surface area contributed by atoms with Crippen LogP contribution in [0.3, 0.4) is 0 Å². The first-order valence-electron chi connectivity index (χ1n) is 6.59. The van der Waals surface area contributed by atoms with Gasteiger partial charge in [-0.25, -0.2) is 4.39 Å². The first kappa shape index (κ1) is 14.3. The third kappa shape index (κ3) is 4.16. The highest BCUT2D eigenvalue weighted by Gasteiger charge is 2.12. The van der Waals surface area contributed by atoms with E-state index in [-0.39, 0.29) is 11.7 Å². The molecule has 0 saturated carbocycles. The number of likely N-dealkylation sites (tertiary alicyclic amines) is 1. The maximum atomic E-state index is 13.5. The largest absolute Gasteiger partial charge is 0.339 e. The van der Waals surface area contributed by atoms with Gasteiger partial charge in [-0.2, -0.15) is 0 Å². The zero-order chi connectivity index (χ0) is 13.7. The molecule has 19 heavy (non-hydrogen) atoms. The normalized spacial score (nSPS) is 16.6. The standard InChI is InChI=1S/C15H17BrFNO/c16-13-6-7-14(17)12(11-13)5-8-15(19)18-9-3-1-2-4-10-18/h5-8,11H,1-4,9-10H2/b8-5-. The molecule has 0 spiro atoms. The second kappa shape index (κ2) is 6.85. The fraction of sp³-hybridized carbons (Fsp3) is 0.400. The van der Waals surface area contributed by atoms with Crippen LogP contribution in [-0.4, -0.2) is 23.9 Å². The number of nitrogens with zero attached hydrogens (tertiary/aromatic N) is 1. The zero-order valence-electron chi connectivity index (χ0n) is 10.7. The Bertz CT molecular complexity index is 479. The summed E-state index contributed by atoms with van der Waals surface area (Å²) in [5.74, 6) is -0.343. The minimum atomic E-state index is -0.317. The lowest BCUT2D eigenvalue weighted by Gasteiger charge is -2.17. The molecule has 0 unspecified atom stereocenters. The van der Waals surface area contributed by atoms with Gasteiger partial charge >= 0.3 is 0 Å². The van der Waals surface area contributed by atoms with Gasteiger partial charge in [-0.05, 0) is 37.1 Å². The van der Waals surface area contributed by atoms with E-state index in [1.165, 1.54) is 25.0 Å². The van der Waals surface area contributed by atoms with E-state index in [9.17, 15) is 9.18 Å². The molecule has 0 bridgehead atoms. The van der Waals surface area contributed by atoms with Gasteiger partial charge in [0.05, 0.1) is 0 Å². The van der Waals surface area contributed by atoms with Crippen LogP contribution in [0.15, 0.2) is 28.7 Å². The molecule has 1 saturated heterocycles. The number of amides is 1. The van der Waals surface area contributed by atoms with Crippen molar-refractivity contribution in [3.63, 3.8) is 0 Å². The Hall–Kier alpha value is -1.16. The van der Waals surface area contributed by atoms with Gasteiger partial charge in [-0.1, -0.05) is 28.8 Å². The predicted molar refractivity (Wildman–Crippen MR) is 78.2 cm³/mol. The average Bonchev–Trinajstić information content (AvgIpc) is 2.68. The number of rotatable bonds is 2. The van der Waals surface area contributed by atoms with Crippen molar-refractivity contribution in [3.8, 4) is 0 Å². The summed E-state index contributed by atoms with van der Waals surface area (Å²) in [6.07, 6.45) is 7.51. The maximum absolute atomic E-state index is 13.5. The summed E-state index contributed by atoms with van der Waals surface area (Å²) in [4.78, 5) is 13.9. The van der Waals surface area contributed by atoms with E-state index >= 15 is 0 Å². The molecule has 0 aromatic heterocycles. The first-order chi connectivity index (χ1) is 9.16. The summed E-state index contributed by atoms with van der Waals surface area (Å²) in [6.45, 7) is 1.62. The van der Waals surface area contributed by atoms with E-state index in [0.29, 0.717) is 5.56 Å². The van der Waals surface area contributed by atoms with Gasteiger partial charge in [0.15, 0.2) is 0 Å². The van der Waals surface area contributed by atoms with Crippen LogP contribution in [-0.2, 0) is 4.79 Å². The highest BCUT2D eigenvalue weighted by molar-refractivity contribution is 9.10. The predicted octanol–water partition coefficient (Wildman–Crippen LogP) is 4.00. The van der Waals surface area contributed by atoms with Crippen LogP contribution in [0.25, 0.3) is 6.08 Å². The summed E-state index contributed by atoms with van der Waals surface area (Å²) in [5, 5.41) is 0. The molecule has 1 heterocycles. The van der Waals surface area contributed by atoms with Crippen LogP contribution < -0.4 is 0 Å². The minimum absolute atomic E-state index is 0.0266. The fourth-order valence-electron chi connectivity index (χ4n) is 2.20.